The van der Waals surface area contributed by atoms with Crippen LogP contribution in [-0.2, 0) is 6.54 Å². The normalized spacial score (nSPS) is 11.7. The topological polar surface area (TPSA) is 43.7 Å². The van der Waals surface area contributed by atoms with E-state index in [1.54, 1.807) is 6.07 Å². The summed E-state index contributed by atoms with van der Waals surface area (Å²) in [5.41, 5.74) is 1.63. The van der Waals surface area contributed by atoms with Crippen LogP contribution in [0.4, 0.5) is 0 Å². The molecule has 1 rings (SSSR count). The Morgan fingerprint density at radius 3 is 2.20 bits per heavy atom. The number of nitrogens with zero attached hydrogens (tertiary/aromatic N) is 1. The fraction of sp³-hybridized carbons (Fsp3) is 0.625. The predicted molar refractivity (Wildman–Crippen MR) is 85.9 cm³/mol. The Morgan fingerprint density at radius 2 is 1.70 bits per heavy atom. The largest absolute Gasteiger partial charge is 0.488 e. The Hall–Kier alpha value is -0.835. The molecule has 0 heterocycles. The standard InChI is InChI=1S/C16H28BNO2/c1-5-15(6-2)18(11-13(3)4)12-14-9-7-8-10-16(14)17(19)20/h7-10,13,15,19-20H,5-6,11-12H2,1-4H3. The van der Waals surface area contributed by atoms with Crippen molar-refractivity contribution in [1.29, 1.82) is 0 Å². The van der Waals surface area contributed by atoms with Gasteiger partial charge in [0.1, 0.15) is 0 Å². The third kappa shape index (κ3) is 4.93. The zero-order chi connectivity index (χ0) is 15.1. The van der Waals surface area contributed by atoms with E-state index in [2.05, 4.69) is 32.6 Å². The Labute approximate surface area is 123 Å². The van der Waals surface area contributed by atoms with Gasteiger partial charge in [-0.3, -0.25) is 4.90 Å². The Balaban J connectivity index is 2.94. The van der Waals surface area contributed by atoms with Crippen LogP contribution in [0.25, 0.3) is 0 Å². The molecule has 0 unspecified atom stereocenters. The van der Waals surface area contributed by atoms with Gasteiger partial charge in [0, 0.05) is 19.1 Å². The molecule has 0 aliphatic heterocycles. The molecule has 1 aromatic rings. The lowest BCUT2D eigenvalue weighted by molar-refractivity contribution is 0.158. The SMILES string of the molecule is CCC(CC)N(Cc1ccccc1B(O)O)CC(C)C. The van der Waals surface area contributed by atoms with Crippen LogP contribution in [0.1, 0.15) is 46.1 Å². The molecule has 0 atom stereocenters. The van der Waals surface area contributed by atoms with Gasteiger partial charge in [0.25, 0.3) is 0 Å². The van der Waals surface area contributed by atoms with Gasteiger partial charge in [-0.2, -0.15) is 0 Å². The van der Waals surface area contributed by atoms with E-state index in [-0.39, 0.29) is 0 Å². The number of hydrogen-bond acceptors (Lipinski definition) is 3. The molecule has 3 nitrogen and oxygen atoms in total. The van der Waals surface area contributed by atoms with E-state index in [9.17, 15) is 10.0 Å². The van der Waals surface area contributed by atoms with Crippen molar-refractivity contribution in [3.8, 4) is 0 Å². The average molecular weight is 277 g/mol. The Morgan fingerprint density at radius 1 is 1.10 bits per heavy atom. The van der Waals surface area contributed by atoms with E-state index < -0.39 is 7.12 Å². The highest BCUT2D eigenvalue weighted by molar-refractivity contribution is 6.59. The van der Waals surface area contributed by atoms with Crippen LogP contribution in [0.15, 0.2) is 24.3 Å². The van der Waals surface area contributed by atoms with Gasteiger partial charge < -0.3 is 10.0 Å². The van der Waals surface area contributed by atoms with Crippen molar-refractivity contribution in [2.45, 2.75) is 53.1 Å². The number of benzene rings is 1. The van der Waals surface area contributed by atoms with Crippen molar-refractivity contribution in [2.24, 2.45) is 5.92 Å². The maximum absolute atomic E-state index is 9.49. The molecular formula is C16H28BNO2. The van der Waals surface area contributed by atoms with Crippen LogP contribution in [0.5, 0.6) is 0 Å². The van der Waals surface area contributed by atoms with Crippen LogP contribution < -0.4 is 5.46 Å². The van der Waals surface area contributed by atoms with Crippen molar-refractivity contribution in [1.82, 2.24) is 4.90 Å². The molecule has 0 amide bonds. The Kier molecular flexibility index (Phi) is 7.28. The summed E-state index contributed by atoms with van der Waals surface area (Å²) in [6, 6.07) is 8.13. The highest BCUT2D eigenvalue weighted by Gasteiger charge is 2.21. The van der Waals surface area contributed by atoms with Crippen molar-refractivity contribution in [3.63, 3.8) is 0 Å². The molecule has 0 aromatic heterocycles. The quantitative estimate of drug-likeness (QED) is 0.714. The smallest absolute Gasteiger partial charge is 0.423 e. The van der Waals surface area contributed by atoms with Crippen LogP contribution in [-0.4, -0.2) is 34.7 Å². The summed E-state index contributed by atoms with van der Waals surface area (Å²) in [6.07, 6.45) is 2.24. The van der Waals surface area contributed by atoms with E-state index in [0.717, 1.165) is 31.5 Å². The first-order chi connectivity index (χ1) is 9.49. The minimum Gasteiger partial charge on any atom is -0.423 e. The van der Waals surface area contributed by atoms with Crippen LogP contribution in [0.2, 0.25) is 0 Å². The van der Waals surface area contributed by atoms with Crippen LogP contribution >= 0.6 is 0 Å². The van der Waals surface area contributed by atoms with Crippen LogP contribution in [0.3, 0.4) is 0 Å². The summed E-state index contributed by atoms with van der Waals surface area (Å²) < 4.78 is 0. The van der Waals surface area contributed by atoms with Gasteiger partial charge in [-0.05, 0) is 29.8 Å². The first-order valence-corrected chi connectivity index (χ1v) is 7.67. The highest BCUT2D eigenvalue weighted by Crippen LogP contribution is 2.15. The highest BCUT2D eigenvalue weighted by atomic mass is 16.4. The zero-order valence-corrected chi connectivity index (χ0v) is 13.2. The lowest BCUT2D eigenvalue weighted by Crippen LogP contribution is -2.40. The van der Waals surface area contributed by atoms with E-state index in [1.807, 2.05) is 18.2 Å². The lowest BCUT2D eigenvalue weighted by atomic mass is 9.77. The molecule has 1 aromatic carbocycles. The minimum absolute atomic E-state index is 0.543. The predicted octanol–water partition coefficient (Wildman–Crippen LogP) is 2.01. The molecule has 0 saturated heterocycles. The van der Waals surface area contributed by atoms with Crippen molar-refractivity contribution in [2.75, 3.05) is 6.54 Å². The molecule has 0 spiro atoms. The molecule has 20 heavy (non-hydrogen) atoms. The summed E-state index contributed by atoms with van der Waals surface area (Å²) in [6.45, 7) is 10.7. The van der Waals surface area contributed by atoms with E-state index >= 15 is 0 Å². The van der Waals surface area contributed by atoms with Gasteiger partial charge in [-0.25, -0.2) is 0 Å². The molecular weight excluding hydrogens is 249 g/mol. The van der Waals surface area contributed by atoms with Crippen molar-refractivity contribution >= 4 is 12.6 Å². The minimum atomic E-state index is -1.39. The van der Waals surface area contributed by atoms with E-state index in [4.69, 9.17) is 0 Å². The van der Waals surface area contributed by atoms with Crippen molar-refractivity contribution < 1.29 is 10.0 Å². The summed E-state index contributed by atoms with van der Waals surface area (Å²) in [5.74, 6) is 0.599. The van der Waals surface area contributed by atoms with Gasteiger partial charge >= 0.3 is 7.12 Å². The molecule has 0 aliphatic rings. The molecule has 2 N–H and O–H groups in total. The van der Waals surface area contributed by atoms with E-state index in [1.165, 1.54) is 0 Å². The van der Waals surface area contributed by atoms with Crippen LogP contribution in [0, 0.1) is 5.92 Å². The third-order valence-electron chi connectivity index (χ3n) is 3.77. The maximum atomic E-state index is 9.49. The zero-order valence-electron chi connectivity index (χ0n) is 13.2. The summed E-state index contributed by atoms with van der Waals surface area (Å²) in [7, 11) is -1.39. The second-order valence-electron chi connectivity index (χ2n) is 5.87. The second-order valence-corrected chi connectivity index (χ2v) is 5.87. The third-order valence-corrected chi connectivity index (χ3v) is 3.77. The number of rotatable bonds is 8. The molecule has 0 saturated carbocycles. The monoisotopic (exact) mass is 277 g/mol. The van der Waals surface area contributed by atoms with Gasteiger partial charge in [0.2, 0.25) is 0 Å². The summed E-state index contributed by atoms with van der Waals surface area (Å²) in [5, 5.41) is 19.0. The molecule has 112 valence electrons. The van der Waals surface area contributed by atoms with Gasteiger partial charge in [-0.15, -0.1) is 0 Å². The summed E-state index contributed by atoms with van der Waals surface area (Å²) in [4.78, 5) is 2.46. The summed E-state index contributed by atoms with van der Waals surface area (Å²) >= 11 is 0. The number of hydrogen-bond donors (Lipinski definition) is 2. The molecule has 0 radical (unpaired) electrons. The molecule has 0 bridgehead atoms. The van der Waals surface area contributed by atoms with E-state index in [0.29, 0.717) is 17.4 Å². The van der Waals surface area contributed by atoms with Gasteiger partial charge in [-0.1, -0.05) is 52.0 Å². The second kappa shape index (κ2) is 8.45. The molecule has 0 fully saturated rings. The fourth-order valence-corrected chi connectivity index (χ4v) is 2.77. The fourth-order valence-electron chi connectivity index (χ4n) is 2.77. The molecule has 0 aliphatic carbocycles. The van der Waals surface area contributed by atoms with Crippen molar-refractivity contribution in [3.05, 3.63) is 29.8 Å². The maximum Gasteiger partial charge on any atom is 0.488 e. The molecule has 4 heteroatoms. The lowest BCUT2D eigenvalue weighted by Gasteiger charge is -2.32. The first-order valence-electron chi connectivity index (χ1n) is 7.67. The first kappa shape index (κ1) is 17.2. The van der Waals surface area contributed by atoms with Gasteiger partial charge in [0.05, 0.1) is 0 Å². The van der Waals surface area contributed by atoms with Gasteiger partial charge in [0.15, 0.2) is 0 Å². The average Bonchev–Trinajstić information content (AvgIpc) is 2.39. The Bertz CT molecular complexity index is 392.